The lowest BCUT2D eigenvalue weighted by atomic mass is 10.1. The standard InChI is InChI=1S/C16H23N3O2/c20-16(18-12-15-5-4-8-21-15)13-9-14(11-17-10-13)19-6-2-1-3-7-19/h9-11,15H,1-8,12H2,(H,18,20). The Labute approximate surface area is 125 Å². The summed E-state index contributed by atoms with van der Waals surface area (Å²) in [6.07, 6.45) is 9.52. The van der Waals surface area contributed by atoms with E-state index in [-0.39, 0.29) is 12.0 Å². The molecular formula is C16H23N3O2. The van der Waals surface area contributed by atoms with Crippen molar-refractivity contribution in [3.8, 4) is 0 Å². The quantitative estimate of drug-likeness (QED) is 0.921. The molecule has 5 nitrogen and oxygen atoms in total. The van der Waals surface area contributed by atoms with Crippen molar-refractivity contribution in [1.29, 1.82) is 0 Å². The van der Waals surface area contributed by atoms with E-state index in [0.29, 0.717) is 12.1 Å². The van der Waals surface area contributed by atoms with Gasteiger partial charge in [0.25, 0.3) is 5.91 Å². The molecule has 1 unspecified atom stereocenters. The molecule has 0 radical (unpaired) electrons. The highest BCUT2D eigenvalue weighted by molar-refractivity contribution is 5.94. The summed E-state index contributed by atoms with van der Waals surface area (Å²) in [5.41, 5.74) is 1.69. The number of rotatable bonds is 4. The number of hydrogen-bond acceptors (Lipinski definition) is 4. The molecule has 21 heavy (non-hydrogen) atoms. The first-order valence-corrected chi connectivity index (χ1v) is 7.93. The van der Waals surface area contributed by atoms with Gasteiger partial charge in [0.2, 0.25) is 0 Å². The van der Waals surface area contributed by atoms with Gasteiger partial charge in [0, 0.05) is 32.4 Å². The van der Waals surface area contributed by atoms with E-state index in [4.69, 9.17) is 4.74 Å². The van der Waals surface area contributed by atoms with Gasteiger partial charge in [-0.05, 0) is 38.2 Å². The zero-order chi connectivity index (χ0) is 14.5. The third-order valence-electron chi connectivity index (χ3n) is 4.22. The molecule has 3 rings (SSSR count). The summed E-state index contributed by atoms with van der Waals surface area (Å²) in [6, 6.07) is 1.95. The van der Waals surface area contributed by atoms with Crippen LogP contribution in [0, 0.1) is 0 Å². The molecule has 1 atom stereocenters. The molecule has 2 aliphatic rings. The van der Waals surface area contributed by atoms with Gasteiger partial charge < -0.3 is 15.0 Å². The lowest BCUT2D eigenvalue weighted by molar-refractivity contribution is 0.0857. The third kappa shape index (κ3) is 3.73. The maximum absolute atomic E-state index is 12.2. The number of ether oxygens (including phenoxy) is 1. The summed E-state index contributed by atoms with van der Waals surface area (Å²) in [4.78, 5) is 18.8. The van der Waals surface area contributed by atoms with Crippen molar-refractivity contribution in [2.24, 2.45) is 0 Å². The molecule has 0 saturated carbocycles. The zero-order valence-electron chi connectivity index (χ0n) is 12.4. The molecule has 2 saturated heterocycles. The lowest BCUT2D eigenvalue weighted by Crippen LogP contribution is -2.32. The van der Waals surface area contributed by atoms with Crippen molar-refractivity contribution in [2.45, 2.75) is 38.2 Å². The van der Waals surface area contributed by atoms with Gasteiger partial charge in [-0.25, -0.2) is 0 Å². The van der Waals surface area contributed by atoms with Gasteiger partial charge in [0.15, 0.2) is 0 Å². The van der Waals surface area contributed by atoms with E-state index < -0.39 is 0 Å². The summed E-state index contributed by atoms with van der Waals surface area (Å²) >= 11 is 0. The SMILES string of the molecule is O=C(NCC1CCCO1)c1cncc(N2CCCCC2)c1. The number of amides is 1. The number of carbonyl (C=O) groups excluding carboxylic acids is 1. The van der Waals surface area contributed by atoms with Crippen LogP contribution in [0.4, 0.5) is 5.69 Å². The smallest absolute Gasteiger partial charge is 0.253 e. The maximum Gasteiger partial charge on any atom is 0.253 e. The molecule has 1 aromatic heterocycles. The topological polar surface area (TPSA) is 54.5 Å². The van der Waals surface area contributed by atoms with Crippen LogP contribution < -0.4 is 10.2 Å². The maximum atomic E-state index is 12.2. The number of carbonyl (C=O) groups is 1. The fourth-order valence-electron chi connectivity index (χ4n) is 2.99. The molecule has 0 aliphatic carbocycles. The molecular weight excluding hydrogens is 266 g/mol. The molecule has 2 aliphatic heterocycles. The van der Waals surface area contributed by atoms with Crippen molar-refractivity contribution in [2.75, 3.05) is 31.1 Å². The first-order chi connectivity index (χ1) is 10.3. The molecule has 1 N–H and O–H groups in total. The minimum absolute atomic E-state index is 0.0585. The van der Waals surface area contributed by atoms with Crippen LogP contribution in [0.15, 0.2) is 18.5 Å². The predicted octanol–water partition coefficient (Wildman–Crippen LogP) is 1.98. The Morgan fingerprint density at radius 3 is 2.90 bits per heavy atom. The zero-order valence-corrected chi connectivity index (χ0v) is 12.4. The number of aromatic nitrogens is 1. The highest BCUT2D eigenvalue weighted by Gasteiger charge is 2.18. The van der Waals surface area contributed by atoms with Crippen LogP contribution in [0.1, 0.15) is 42.5 Å². The van der Waals surface area contributed by atoms with Crippen molar-refractivity contribution in [3.05, 3.63) is 24.0 Å². The van der Waals surface area contributed by atoms with Crippen molar-refractivity contribution in [3.63, 3.8) is 0 Å². The number of nitrogens with zero attached hydrogens (tertiary/aromatic N) is 2. The molecule has 1 aromatic rings. The van der Waals surface area contributed by atoms with Crippen LogP contribution >= 0.6 is 0 Å². The van der Waals surface area contributed by atoms with Gasteiger partial charge in [-0.15, -0.1) is 0 Å². The van der Waals surface area contributed by atoms with Crippen LogP contribution in [-0.4, -0.2) is 43.2 Å². The molecule has 3 heterocycles. The van der Waals surface area contributed by atoms with E-state index in [9.17, 15) is 4.79 Å². The van der Waals surface area contributed by atoms with Gasteiger partial charge in [0.1, 0.15) is 0 Å². The highest BCUT2D eigenvalue weighted by Crippen LogP contribution is 2.19. The fourth-order valence-corrected chi connectivity index (χ4v) is 2.99. The number of piperidine rings is 1. The number of hydrogen-bond donors (Lipinski definition) is 1. The van der Waals surface area contributed by atoms with E-state index in [1.54, 1.807) is 6.20 Å². The van der Waals surface area contributed by atoms with E-state index in [1.807, 2.05) is 12.3 Å². The second kappa shape index (κ2) is 6.89. The summed E-state index contributed by atoms with van der Waals surface area (Å²) in [7, 11) is 0. The molecule has 2 fully saturated rings. The Morgan fingerprint density at radius 2 is 2.14 bits per heavy atom. The molecule has 114 valence electrons. The number of nitrogens with one attached hydrogen (secondary N) is 1. The third-order valence-corrected chi connectivity index (χ3v) is 4.22. The van der Waals surface area contributed by atoms with Crippen molar-refractivity contribution < 1.29 is 9.53 Å². The first kappa shape index (κ1) is 14.3. The van der Waals surface area contributed by atoms with Gasteiger partial charge in [0.05, 0.1) is 23.6 Å². The molecule has 0 aromatic carbocycles. The van der Waals surface area contributed by atoms with E-state index in [1.165, 1.54) is 19.3 Å². The normalized spacial score (nSPS) is 22.3. The van der Waals surface area contributed by atoms with Crippen LogP contribution in [0.3, 0.4) is 0 Å². The highest BCUT2D eigenvalue weighted by atomic mass is 16.5. The fraction of sp³-hybridized carbons (Fsp3) is 0.625. The van der Waals surface area contributed by atoms with Gasteiger partial charge in [-0.3, -0.25) is 9.78 Å². The molecule has 0 spiro atoms. The van der Waals surface area contributed by atoms with E-state index >= 15 is 0 Å². The molecule has 0 bridgehead atoms. The van der Waals surface area contributed by atoms with Gasteiger partial charge in [-0.2, -0.15) is 0 Å². The monoisotopic (exact) mass is 289 g/mol. The minimum Gasteiger partial charge on any atom is -0.376 e. The summed E-state index contributed by atoms with van der Waals surface area (Å²) in [5, 5.41) is 2.95. The average Bonchev–Trinajstić information content (AvgIpc) is 3.07. The summed E-state index contributed by atoms with van der Waals surface area (Å²) in [6.45, 7) is 3.52. The summed E-state index contributed by atoms with van der Waals surface area (Å²) < 4.78 is 5.52. The average molecular weight is 289 g/mol. The lowest BCUT2D eigenvalue weighted by Gasteiger charge is -2.28. The Hall–Kier alpha value is -1.62. The Kier molecular flexibility index (Phi) is 4.70. The molecule has 5 heteroatoms. The first-order valence-electron chi connectivity index (χ1n) is 7.93. The van der Waals surface area contributed by atoms with Gasteiger partial charge >= 0.3 is 0 Å². The number of pyridine rings is 1. The summed E-state index contributed by atoms with van der Waals surface area (Å²) in [5.74, 6) is -0.0585. The van der Waals surface area contributed by atoms with Crippen LogP contribution in [0.25, 0.3) is 0 Å². The largest absolute Gasteiger partial charge is 0.376 e. The second-order valence-corrected chi connectivity index (χ2v) is 5.82. The van der Waals surface area contributed by atoms with Crippen LogP contribution in [0.5, 0.6) is 0 Å². The van der Waals surface area contributed by atoms with Gasteiger partial charge in [-0.1, -0.05) is 0 Å². The van der Waals surface area contributed by atoms with Crippen LogP contribution in [-0.2, 0) is 4.74 Å². The van der Waals surface area contributed by atoms with E-state index in [0.717, 1.165) is 38.2 Å². The Balaban J connectivity index is 1.60. The minimum atomic E-state index is -0.0585. The second-order valence-electron chi connectivity index (χ2n) is 5.82. The predicted molar refractivity (Wildman–Crippen MR) is 81.6 cm³/mol. The van der Waals surface area contributed by atoms with Crippen molar-refractivity contribution in [1.82, 2.24) is 10.3 Å². The number of anilines is 1. The van der Waals surface area contributed by atoms with Crippen LogP contribution in [0.2, 0.25) is 0 Å². The van der Waals surface area contributed by atoms with Crippen molar-refractivity contribution >= 4 is 11.6 Å². The Bertz CT molecular complexity index is 480. The Morgan fingerprint density at radius 1 is 1.29 bits per heavy atom. The van der Waals surface area contributed by atoms with E-state index in [2.05, 4.69) is 15.2 Å². The molecule has 1 amide bonds.